The zero-order valence-corrected chi connectivity index (χ0v) is 14.2. The molecule has 128 valence electrons. The Morgan fingerprint density at radius 1 is 1.16 bits per heavy atom. The lowest BCUT2D eigenvalue weighted by Gasteiger charge is -2.25. The molecule has 0 spiro atoms. The lowest BCUT2D eigenvalue weighted by Crippen LogP contribution is -2.33. The summed E-state index contributed by atoms with van der Waals surface area (Å²) < 4.78 is 13.5. The predicted octanol–water partition coefficient (Wildman–Crippen LogP) is 4.05. The van der Waals surface area contributed by atoms with Gasteiger partial charge in [-0.2, -0.15) is 4.98 Å². The van der Waals surface area contributed by atoms with Crippen LogP contribution in [-0.4, -0.2) is 34.3 Å². The lowest BCUT2D eigenvalue weighted by atomic mass is 10.0. The zero-order chi connectivity index (χ0) is 17.4. The summed E-state index contributed by atoms with van der Waals surface area (Å²) in [6, 6.07) is 12.3. The molecule has 1 fully saturated rings. The number of hydrogen-bond donors (Lipinski definition) is 1. The Kier molecular flexibility index (Phi) is 4.27. The van der Waals surface area contributed by atoms with Crippen molar-refractivity contribution in [1.82, 2.24) is 9.97 Å². The van der Waals surface area contributed by atoms with Crippen molar-refractivity contribution in [2.24, 2.45) is 0 Å². The number of anilines is 1. The van der Waals surface area contributed by atoms with Crippen LogP contribution in [0.4, 0.5) is 10.2 Å². The van der Waals surface area contributed by atoms with Crippen LogP contribution in [0.1, 0.15) is 12.8 Å². The number of aliphatic hydroxyl groups excluding tert-OH is 1. The first kappa shape index (κ1) is 16.2. The van der Waals surface area contributed by atoms with Gasteiger partial charge in [-0.1, -0.05) is 18.2 Å². The second kappa shape index (κ2) is 6.58. The summed E-state index contributed by atoms with van der Waals surface area (Å²) >= 11 is 6.15. The van der Waals surface area contributed by atoms with Crippen LogP contribution >= 0.6 is 11.6 Å². The largest absolute Gasteiger partial charge is 0.394 e. The number of hydrogen-bond acceptors (Lipinski definition) is 4. The molecular weight excluding hydrogens is 341 g/mol. The van der Waals surface area contributed by atoms with Crippen LogP contribution in [0.15, 0.2) is 42.5 Å². The Bertz CT molecular complexity index is 934. The van der Waals surface area contributed by atoms with E-state index < -0.39 is 0 Å². The average Bonchev–Trinajstić information content (AvgIpc) is 3.09. The van der Waals surface area contributed by atoms with Gasteiger partial charge >= 0.3 is 0 Å². The molecule has 1 N–H and O–H groups in total. The maximum absolute atomic E-state index is 13.5. The first-order chi connectivity index (χ1) is 12.2. The molecule has 0 unspecified atom stereocenters. The molecule has 4 rings (SSSR count). The smallest absolute Gasteiger partial charge is 0.224 e. The van der Waals surface area contributed by atoms with Crippen molar-refractivity contribution in [3.63, 3.8) is 0 Å². The molecule has 2 heterocycles. The molecular formula is C19H17ClFN3O. The molecule has 1 aliphatic heterocycles. The summed E-state index contributed by atoms with van der Waals surface area (Å²) in [6.45, 7) is 0.920. The number of halogens is 2. The van der Waals surface area contributed by atoms with Gasteiger partial charge in [0.25, 0.3) is 0 Å². The Morgan fingerprint density at radius 2 is 2.00 bits per heavy atom. The van der Waals surface area contributed by atoms with Crippen molar-refractivity contribution >= 4 is 28.3 Å². The molecule has 1 saturated heterocycles. The molecule has 1 atom stereocenters. The van der Waals surface area contributed by atoms with E-state index in [0.29, 0.717) is 5.52 Å². The van der Waals surface area contributed by atoms with Crippen LogP contribution in [-0.2, 0) is 0 Å². The minimum absolute atomic E-state index is 0.0528. The molecule has 25 heavy (non-hydrogen) atoms. The summed E-state index contributed by atoms with van der Waals surface area (Å²) in [7, 11) is 0. The Hall–Kier alpha value is -2.24. The zero-order valence-electron chi connectivity index (χ0n) is 13.5. The minimum Gasteiger partial charge on any atom is -0.394 e. The van der Waals surface area contributed by atoms with Gasteiger partial charge < -0.3 is 10.0 Å². The molecule has 6 heteroatoms. The van der Waals surface area contributed by atoms with Gasteiger partial charge in [0, 0.05) is 11.9 Å². The number of aliphatic hydroxyl groups is 1. The van der Waals surface area contributed by atoms with E-state index in [2.05, 4.69) is 14.9 Å². The number of nitrogens with zero attached hydrogens (tertiary/aromatic N) is 3. The highest BCUT2D eigenvalue weighted by Crippen LogP contribution is 2.33. The van der Waals surface area contributed by atoms with Gasteiger partial charge in [-0.15, -0.1) is 0 Å². The van der Waals surface area contributed by atoms with Crippen molar-refractivity contribution in [2.45, 2.75) is 18.9 Å². The molecule has 0 saturated carbocycles. The van der Waals surface area contributed by atoms with E-state index in [-0.39, 0.29) is 23.7 Å². The number of benzene rings is 2. The van der Waals surface area contributed by atoms with Gasteiger partial charge in [-0.25, -0.2) is 9.37 Å². The first-order valence-electron chi connectivity index (χ1n) is 8.26. The fourth-order valence-corrected chi connectivity index (χ4v) is 3.63. The third-order valence-corrected chi connectivity index (χ3v) is 4.84. The van der Waals surface area contributed by atoms with E-state index in [1.54, 1.807) is 6.07 Å². The monoisotopic (exact) mass is 357 g/mol. The SMILES string of the molecule is OC[C@@H]1CCCN1c1nc(Cl)nc2cc(-c3cccc(F)c3)ccc12. The summed E-state index contributed by atoms with van der Waals surface area (Å²) in [5.74, 6) is 0.471. The minimum atomic E-state index is -0.276. The van der Waals surface area contributed by atoms with Crippen LogP contribution in [0.3, 0.4) is 0 Å². The lowest BCUT2D eigenvalue weighted by molar-refractivity contribution is 0.266. The van der Waals surface area contributed by atoms with Crippen molar-refractivity contribution < 1.29 is 9.50 Å². The number of fused-ring (bicyclic) bond motifs is 1. The molecule has 1 aromatic heterocycles. The topological polar surface area (TPSA) is 49.2 Å². The van der Waals surface area contributed by atoms with Gasteiger partial charge in [0.05, 0.1) is 18.2 Å². The predicted molar refractivity (Wildman–Crippen MR) is 97.4 cm³/mol. The van der Waals surface area contributed by atoms with E-state index in [1.807, 2.05) is 24.3 Å². The Morgan fingerprint density at radius 3 is 2.80 bits per heavy atom. The maximum Gasteiger partial charge on any atom is 0.224 e. The maximum atomic E-state index is 13.5. The van der Waals surface area contributed by atoms with E-state index in [9.17, 15) is 9.50 Å². The van der Waals surface area contributed by atoms with Crippen LogP contribution in [0.5, 0.6) is 0 Å². The summed E-state index contributed by atoms with van der Waals surface area (Å²) in [6.07, 6.45) is 1.94. The van der Waals surface area contributed by atoms with Crippen LogP contribution < -0.4 is 4.90 Å². The average molecular weight is 358 g/mol. The fourth-order valence-electron chi connectivity index (χ4n) is 3.46. The van der Waals surface area contributed by atoms with E-state index in [1.165, 1.54) is 12.1 Å². The molecule has 4 nitrogen and oxygen atoms in total. The van der Waals surface area contributed by atoms with Gasteiger partial charge in [0.15, 0.2) is 0 Å². The second-order valence-electron chi connectivity index (χ2n) is 6.23. The van der Waals surface area contributed by atoms with Gasteiger partial charge in [0.1, 0.15) is 11.6 Å². The number of rotatable bonds is 3. The van der Waals surface area contributed by atoms with Crippen molar-refractivity contribution in [1.29, 1.82) is 0 Å². The highest BCUT2D eigenvalue weighted by Gasteiger charge is 2.27. The van der Waals surface area contributed by atoms with E-state index >= 15 is 0 Å². The Balaban J connectivity index is 1.84. The second-order valence-corrected chi connectivity index (χ2v) is 6.57. The normalized spacial score (nSPS) is 17.4. The molecule has 0 radical (unpaired) electrons. The molecule has 3 aromatic rings. The highest BCUT2D eigenvalue weighted by atomic mass is 35.5. The summed E-state index contributed by atoms with van der Waals surface area (Å²) in [4.78, 5) is 10.8. The molecule has 0 bridgehead atoms. The van der Waals surface area contributed by atoms with E-state index in [4.69, 9.17) is 11.6 Å². The summed E-state index contributed by atoms with van der Waals surface area (Å²) in [5, 5.41) is 10.7. The number of aromatic nitrogens is 2. The van der Waals surface area contributed by atoms with Gasteiger partial charge in [-0.05, 0) is 59.8 Å². The van der Waals surface area contributed by atoms with Crippen LogP contribution in [0.2, 0.25) is 5.28 Å². The first-order valence-corrected chi connectivity index (χ1v) is 8.64. The van der Waals surface area contributed by atoms with E-state index in [0.717, 1.165) is 41.7 Å². The standard InChI is InChI=1S/C19H17ClFN3O/c20-19-22-17-10-13(12-3-1-4-14(21)9-12)6-7-16(17)18(23-19)24-8-2-5-15(24)11-25/h1,3-4,6-7,9-10,15,25H,2,5,8,11H2/t15-/m0/s1. The third kappa shape index (κ3) is 3.05. The third-order valence-electron chi connectivity index (χ3n) is 4.67. The Labute approximate surface area is 149 Å². The fraction of sp³-hybridized carbons (Fsp3) is 0.263. The van der Waals surface area contributed by atoms with Crippen molar-refractivity contribution in [3.05, 3.63) is 53.6 Å². The molecule has 0 aliphatic carbocycles. The van der Waals surface area contributed by atoms with Crippen LogP contribution in [0, 0.1) is 5.82 Å². The molecule has 1 aliphatic rings. The molecule has 2 aromatic carbocycles. The van der Waals surface area contributed by atoms with Crippen molar-refractivity contribution in [2.75, 3.05) is 18.1 Å². The molecule has 0 amide bonds. The van der Waals surface area contributed by atoms with Crippen molar-refractivity contribution in [3.8, 4) is 11.1 Å². The van der Waals surface area contributed by atoms with Gasteiger partial charge in [0.2, 0.25) is 5.28 Å². The summed E-state index contributed by atoms with van der Waals surface area (Å²) in [5.41, 5.74) is 2.36. The quantitative estimate of drug-likeness (QED) is 0.718. The van der Waals surface area contributed by atoms with Gasteiger partial charge in [-0.3, -0.25) is 0 Å². The van der Waals surface area contributed by atoms with Crippen LogP contribution in [0.25, 0.3) is 22.0 Å². The highest BCUT2D eigenvalue weighted by molar-refractivity contribution is 6.28.